The molecule has 0 atom stereocenters. The maximum Gasteiger partial charge on any atom is 0.241 e. The molecule has 8 nitrogen and oxygen atoms in total. The fourth-order valence-electron chi connectivity index (χ4n) is 5.65. The summed E-state index contributed by atoms with van der Waals surface area (Å²) in [5.41, 5.74) is 3.92. The van der Waals surface area contributed by atoms with Crippen LogP contribution in [-0.2, 0) is 10.2 Å². The van der Waals surface area contributed by atoms with Gasteiger partial charge in [-0.25, -0.2) is 9.97 Å². The van der Waals surface area contributed by atoms with E-state index in [9.17, 15) is 10.1 Å². The summed E-state index contributed by atoms with van der Waals surface area (Å²) in [5, 5.41) is 12.9. The quantitative estimate of drug-likeness (QED) is 0.537. The molecule has 0 bridgehead atoms. The van der Waals surface area contributed by atoms with Gasteiger partial charge >= 0.3 is 0 Å². The minimum atomic E-state index is -0.733. The molecule has 0 spiro atoms. The Hall–Kier alpha value is -3.51. The van der Waals surface area contributed by atoms with Gasteiger partial charge in [0.15, 0.2) is 5.82 Å². The standard InChI is InChI=1S/C29H30ClN7O/c1-29(2)24-11-20(4-6-26(24)37(28(29)38)22-5-3-21(13-31)25(30)12-22)27-33-14-23(15-34-27)36-17-19(18-36)16-35-9-7-32-8-10-35/h3-6,11-12,14-15,19,32H,7-10,16-18H2,1-2H3. The Balaban J connectivity index is 1.19. The summed E-state index contributed by atoms with van der Waals surface area (Å²) in [5.74, 6) is 1.28. The minimum absolute atomic E-state index is 0.0464. The number of carbonyl (C=O) groups excluding carboxylic acids is 1. The van der Waals surface area contributed by atoms with Gasteiger partial charge in [0.25, 0.3) is 0 Å². The lowest BCUT2D eigenvalue weighted by Crippen LogP contribution is -2.54. The van der Waals surface area contributed by atoms with Crippen molar-refractivity contribution in [2.45, 2.75) is 19.3 Å². The third-order valence-electron chi connectivity index (χ3n) is 7.92. The highest BCUT2D eigenvalue weighted by atomic mass is 35.5. The number of fused-ring (bicyclic) bond motifs is 1. The lowest BCUT2D eigenvalue weighted by atomic mass is 9.85. The average Bonchev–Trinajstić information content (AvgIpc) is 3.11. The van der Waals surface area contributed by atoms with Crippen LogP contribution in [0.3, 0.4) is 0 Å². The third-order valence-corrected chi connectivity index (χ3v) is 8.24. The zero-order valence-electron chi connectivity index (χ0n) is 21.6. The first kappa shape index (κ1) is 24.8. The van der Waals surface area contributed by atoms with Crippen molar-refractivity contribution >= 4 is 34.6 Å². The van der Waals surface area contributed by atoms with Crippen LogP contribution >= 0.6 is 11.6 Å². The van der Waals surface area contributed by atoms with E-state index in [1.54, 1.807) is 23.1 Å². The average molecular weight is 528 g/mol. The molecule has 9 heteroatoms. The molecule has 3 aliphatic heterocycles. The van der Waals surface area contributed by atoms with Crippen molar-refractivity contribution < 1.29 is 4.79 Å². The molecule has 2 fully saturated rings. The number of hydrogen-bond donors (Lipinski definition) is 1. The monoisotopic (exact) mass is 527 g/mol. The van der Waals surface area contributed by atoms with E-state index in [1.807, 2.05) is 44.4 Å². The van der Waals surface area contributed by atoms with Crippen molar-refractivity contribution in [2.24, 2.45) is 5.92 Å². The molecule has 4 heterocycles. The molecule has 1 aromatic heterocycles. The summed E-state index contributed by atoms with van der Waals surface area (Å²) in [7, 11) is 0. The Bertz CT molecular complexity index is 1420. The Kier molecular flexibility index (Phi) is 6.31. The lowest BCUT2D eigenvalue weighted by Gasteiger charge is -2.43. The van der Waals surface area contributed by atoms with E-state index in [1.165, 1.54) is 0 Å². The molecule has 6 rings (SSSR count). The van der Waals surface area contributed by atoms with Gasteiger partial charge in [-0.2, -0.15) is 5.26 Å². The van der Waals surface area contributed by atoms with Crippen LogP contribution in [0.5, 0.6) is 0 Å². The Morgan fingerprint density at radius 3 is 2.50 bits per heavy atom. The number of amides is 1. The first-order valence-electron chi connectivity index (χ1n) is 13.0. The highest BCUT2D eigenvalue weighted by Crippen LogP contribution is 2.47. The van der Waals surface area contributed by atoms with Gasteiger partial charge in [-0.05, 0) is 55.8 Å². The van der Waals surface area contributed by atoms with Crippen LogP contribution in [0.2, 0.25) is 5.02 Å². The third kappa shape index (κ3) is 4.31. The molecule has 194 valence electrons. The molecule has 0 aliphatic carbocycles. The number of nitriles is 1. The molecule has 3 aromatic rings. The van der Waals surface area contributed by atoms with Crippen LogP contribution in [0.25, 0.3) is 11.4 Å². The molecule has 0 unspecified atom stereocenters. The van der Waals surface area contributed by atoms with Gasteiger partial charge < -0.3 is 15.1 Å². The first-order valence-corrected chi connectivity index (χ1v) is 13.4. The molecule has 1 amide bonds. The van der Waals surface area contributed by atoms with Crippen LogP contribution < -0.4 is 15.1 Å². The maximum absolute atomic E-state index is 13.5. The Labute approximate surface area is 227 Å². The first-order chi connectivity index (χ1) is 18.3. The van der Waals surface area contributed by atoms with E-state index in [4.69, 9.17) is 11.6 Å². The second kappa shape index (κ2) is 9.66. The number of nitrogens with one attached hydrogen (secondary N) is 1. The Morgan fingerprint density at radius 2 is 1.82 bits per heavy atom. The summed E-state index contributed by atoms with van der Waals surface area (Å²) in [6, 6.07) is 13.0. The number of benzene rings is 2. The smallest absolute Gasteiger partial charge is 0.241 e. The molecular weight excluding hydrogens is 498 g/mol. The Morgan fingerprint density at radius 1 is 1.08 bits per heavy atom. The molecular formula is C29H30ClN7O. The number of piperazine rings is 1. The number of carbonyl (C=O) groups is 1. The van der Waals surface area contributed by atoms with Gasteiger partial charge in [0.05, 0.1) is 45.5 Å². The second-order valence-corrected chi connectivity index (χ2v) is 11.3. The number of aromatic nitrogens is 2. The predicted molar refractivity (Wildman–Crippen MR) is 149 cm³/mol. The summed E-state index contributed by atoms with van der Waals surface area (Å²) in [6.45, 7) is 11.5. The highest BCUT2D eigenvalue weighted by Gasteiger charge is 2.45. The number of hydrogen-bond acceptors (Lipinski definition) is 7. The largest absolute Gasteiger partial charge is 0.368 e. The van der Waals surface area contributed by atoms with E-state index in [0.717, 1.165) is 68.3 Å². The van der Waals surface area contributed by atoms with Crippen molar-refractivity contribution in [2.75, 3.05) is 55.6 Å². The van der Waals surface area contributed by atoms with Crippen molar-refractivity contribution in [3.8, 4) is 17.5 Å². The predicted octanol–water partition coefficient (Wildman–Crippen LogP) is 3.97. The molecule has 2 saturated heterocycles. The number of halogens is 1. The molecule has 38 heavy (non-hydrogen) atoms. The fraction of sp³-hybridized carbons (Fsp3) is 0.379. The minimum Gasteiger partial charge on any atom is -0.368 e. The van der Waals surface area contributed by atoms with Crippen molar-refractivity contribution in [3.05, 3.63) is 64.9 Å². The van der Waals surface area contributed by atoms with Crippen molar-refractivity contribution in [1.82, 2.24) is 20.2 Å². The van der Waals surface area contributed by atoms with E-state index in [0.29, 0.717) is 28.0 Å². The second-order valence-electron chi connectivity index (χ2n) is 10.9. The molecule has 0 saturated carbocycles. The summed E-state index contributed by atoms with van der Waals surface area (Å²) >= 11 is 6.28. The van der Waals surface area contributed by atoms with Gasteiger partial charge in [0.2, 0.25) is 5.91 Å². The summed E-state index contributed by atoms with van der Waals surface area (Å²) < 4.78 is 0. The summed E-state index contributed by atoms with van der Waals surface area (Å²) in [4.78, 5) is 29.4. The molecule has 0 radical (unpaired) electrons. The topological polar surface area (TPSA) is 88.4 Å². The van der Waals surface area contributed by atoms with Gasteiger partial charge in [-0.15, -0.1) is 0 Å². The maximum atomic E-state index is 13.5. The number of anilines is 3. The van der Waals surface area contributed by atoms with Crippen LogP contribution in [-0.4, -0.2) is 66.6 Å². The van der Waals surface area contributed by atoms with Gasteiger partial charge in [0.1, 0.15) is 6.07 Å². The SMILES string of the molecule is CC1(C)C(=O)N(c2ccc(C#N)c(Cl)c2)c2ccc(-c3ncc(N4CC(CN5CCNCC5)C4)cn3)cc21. The van der Waals surface area contributed by atoms with Gasteiger partial charge in [0, 0.05) is 57.3 Å². The van der Waals surface area contributed by atoms with E-state index in [2.05, 4.69) is 31.2 Å². The highest BCUT2D eigenvalue weighted by molar-refractivity contribution is 6.32. The van der Waals surface area contributed by atoms with Gasteiger partial charge in [-0.1, -0.05) is 11.6 Å². The van der Waals surface area contributed by atoms with Crippen molar-refractivity contribution in [1.29, 1.82) is 5.26 Å². The molecule has 2 aromatic carbocycles. The van der Waals surface area contributed by atoms with Crippen LogP contribution in [0.1, 0.15) is 25.0 Å². The van der Waals surface area contributed by atoms with Crippen LogP contribution in [0, 0.1) is 17.2 Å². The normalized spacial score (nSPS) is 19.3. The van der Waals surface area contributed by atoms with E-state index >= 15 is 0 Å². The zero-order valence-corrected chi connectivity index (χ0v) is 22.4. The summed E-state index contributed by atoms with van der Waals surface area (Å²) in [6.07, 6.45) is 3.80. The van der Waals surface area contributed by atoms with E-state index < -0.39 is 5.41 Å². The molecule has 1 N–H and O–H groups in total. The van der Waals surface area contributed by atoms with Crippen LogP contribution in [0.4, 0.5) is 17.1 Å². The van der Waals surface area contributed by atoms with Gasteiger partial charge in [-0.3, -0.25) is 9.69 Å². The number of nitrogens with zero attached hydrogens (tertiary/aromatic N) is 6. The van der Waals surface area contributed by atoms with Crippen molar-refractivity contribution in [3.63, 3.8) is 0 Å². The zero-order chi connectivity index (χ0) is 26.4. The fourth-order valence-corrected chi connectivity index (χ4v) is 5.87. The molecule has 3 aliphatic rings. The van der Waals surface area contributed by atoms with Crippen LogP contribution in [0.15, 0.2) is 48.8 Å². The van der Waals surface area contributed by atoms with E-state index in [-0.39, 0.29) is 5.91 Å². The lowest BCUT2D eigenvalue weighted by molar-refractivity contribution is -0.121. The number of rotatable bonds is 5.